The molecule has 0 fully saturated rings. The van der Waals surface area contributed by atoms with Gasteiger partial charge in [-0.3, -0.25) is 0 Å². The summed E-state index contributed by atoms with van der Waals surface area (Å²) >= 11 is 7.45. The number of hydrogen-bond donors (Lipinski definition) is 0. The molecule has 0 spiro atoms. The molecule has 0 aliphatic carbocycles. The van der Waals surface area contributed by atoms with Crippen LogP contribution in [0, 0.1) is 0 Å². The summed E-state index contributed by atoms with van der Waals surface area (Å²) in [6.07, 6.45) is 1.00. The minimum absolute atomic E-state index is 0.110. The van der Waals surface area contributed by atoms with Gasteiger partial charge in [-0.25, -0.2) is 0 Å². The van der Waals surface area contributed by atoms with E-state index in [0.29, 0.717) is 0 Å². The van der Waals surface area contributed by atoms with Crippen molar-refractivity contribution in [2.45, 2.75) is 16.6 Å². The van der Waals surface area contributed by atoms with Crippen LogP contribution in [0.1, 0.15) is 18.9 Å². The van der Waals surface area contributed by atoms with E-state index in [2.05, 4.69) is 81.2 Å². The summed E-state index contributed by atoms with van der Waals surface area (Å²) in [5.74, 6) is 0. The molecule has 0 atom stereocenters. The molecule has 2 aromatic carbocycles. The molecule has 0 radical (unpaired) electrons. The molecule has 0 N–H and O–H groups in total. The van der Waals surface area contributed by atoms with Crippen LogP contribution in [-0.2, 0) is 3.23 Å². The third-order valence-electron chi connectivity index (χ3n) is 2.63. The van der Waals surface area contributed by atoms with E-state index in [1.807, 2.05) is 0 Å². The zero-order valence-electron chi connectivity index (χ0n) is 8.50. The van der Waals surface area contributed by atoms with Gasteiger partial charge in [0, 0.05) is 0 Å². The van der Waals surface area contributed by atoms with Gasteiger partial charge < -0.3 is 0 Å². The molecule has 0 nitrogen and oxygen atoms in total. The summed E-state index contributed by atoms with van der Waals surface area (Å²) in [6, 6.07) is 14.9. The second kappa shape index (κ2) is 4.26. The molecule has 0 heterocycles. The van der Waals surface area contributed by atoms with Crippen LogP contribution in [0.3, 0.4) is 0 Å². The maximum atomic E-state index is 3.73. The van der Waals surface area contributed by atoms with Crippen LogP contribution in [0.4, 0.5) is 0 Å². The van der Waals surface area contributed by atoms with Crippen LogP contribution >= 0.6 is 31.9 Å². The van der Waals surface area contributed by atoms with Crippen LogP contribution in [0.25, 0.3) is 10.8 Å². The van der Waals surface area contributed by atoms with Gasteiger partial charge in [-0.05, 0) is 22.8 Å². The van der Waals surface area contributed by atoms with Crippen molar-refractivity contribution in [1.29, 1.82) is 0 Å². The number of rotatable bonds is 2. The van der Waals surface area contributed by atoms with E-state index in [4.69, 9.17) is 0 Å². The first kappa shape index (κ1) is 11.2. The van der Waals surface area contributed by atoms with E-state index < -0.39 is 0 Å². The van der Waals surface area contributed by atoms with Gasteiger partial charge in [0.1, 0.15) is 3.23 Å². The van der Waals surface area contributed by atoms with Crippen molar-refractivity contribution in [3.05, 3.63) is 48.0 Å². The Morgan fingerprint density at radius 2 is 1.67 bits per heavy atom. The summed E-state index contributed by atoms with van der Waals surface area (Å²) < 4.78 is -0.110. The Balaban J connectivity index is 2.71. The average molecular weight is 328 g/mol. The molecule has 0 amide bonds. The van der Waals surface area contributed by atoms with E-state index in [-0.39, 0.29) is 3.23 Å². The van der Waals surface area contributed by atoms with E-state index >= 15 is 0 Å². The quantitative estimate of drug-likeness (QED) is 0.666. The van der Waals surface area contributed by atoms with E-state index in [9.17, 15) is 0 Å². The lowest BCUT2D eigenvalue weighted by molar-refractivity contribution is 0.871. The minimum Gasteiger partial charge on any atom is -0.0674 e. The SMILES string of the molecule is CCC(Br)(Br)c1cccc2ccccc12. The minimum atomic E-state index is -0.110. The first-order valence-electron chi connectivity index (χ1n) is 5.01. The van der Waals surface area contributed by atoms with Crippen LogP contribution in [0.5, 0.6) is 0 Å². The Labute approximate surface area is 107 Å². The molecular weight excluding hydrogens is 316 g/mol. The third kappa shape index (κ3) is 2.11. The normalized spacial score (nSPS) is 11.9. The average Bonchev–Trinajstić information content (AvgIpc) is 2.28. The molecule has 0 unspecified atom stereocenters. The Bertz CT molecular complexity index is 469. The fourth-order valence-electron chi connectivity index (χ4n) is 1.73. The molecular formula is C13H12Br2. The fraction of sp³-hybridized carbons (Fsp3) is 0.231. The summed E-state index contributed by atoms with van der Waals surface area (Å²) in [7, 11) is 0. The van der Waals surface area contributed by atoms with Crippen LogP contribution in [0.15, 0.2) is 42.5 Å². The predicted octanol–water partition coefficient (Wildman–Crippen LogP) is 5.19. The van der Waals surface area contributed by atoms with Gasteiger partial charge in [-0.15, -0.1) is 0 Å². The molecule has 2 rings (SSSR count). The lowest BCUT2D eigenvalue weighted by Gasteiger charge is -2.20. The molecule has 0 aliphatic heterocycles. The maximum Gasteiger partial charge on any atom is 0.106 e. The first-order valence-corrected chi connectivity index (χ1v) is 6.60. The number of benzene rings is 2. The molecule has 0 saturated heterocycles. The standard InChI is InChI=1S/C13H12Br2/c1-2-13(14,15)12-9-5-7-10-6-3-4-8-11(10)12/h3-9H,2H2,1H3. The third-order valence-corrected chi connectivity index (χ3v) is 4.60. The van der Waals surface area contributed by atoms with Gasteiger partial charge in [0.25, 0.3) is 0 Å². The lowest BCUT2D eigenvalue weighted by atomic mass is 10.0. The van der Waals surface area contributed by atoms with Crippen LogP contribution < -0.4 is 0 Å². The van der Waals surface area contributed by atoms with Crippen molar-refractivity contribution in [3.63, 3.8) is 0 Å². The number of hydrogen-bond acceptors (Lipinski definition) is 0. The number of alkyl halides is 2. The van der Waals surface area contributed by atoms with Crippen molar-refractivity contribution in [3.8, 4) is 0 Å². The molecule has 78 valence electrons. The zero-order valence-corrected chi connectivity index (χ0v) is 11.7. The Morgan fingerprint density at radius 1 is 1.00 bits per heavy atom. The molecule has 2 aromatic rings. The molecule has 15 heavy (non-hydrogen) atoms. The highest BCUT2D eigenvalue weighted by Gasteiger charge is 2.24. The lowest BCUT2D eigenvalue weighted by Crippen LogP contribution is -2.07. The van der Waals surface area contributed by atoms with Crippen LogP contribution in [-0.4, -0.2) is 0 Å². The van der Waals surface area contributed by atoms with Crippen LogP contribution in [0.2, 0.25) is 0 Å². The summed E-state index contributed by atoms with van der Waals surface area (Å²) in [5, 5.41) is 2.59. The maximum absolute atomic E-state index is 3.73. The van der Waals surface area contributed by atoms with E-state index in [1.165, 1.54) is 16.3 Å². The fourth-order valence-corrected chi connectivity index (χ4v) is 2.43. The smallest absolute Gasteiger partial charge is 0.0674 e. The predicted molar refractivity (Wildman–Crippen MR) is 73.8 cm³/mol. The highest BCUT2D eigenvalue weighted by molar-refractivity contribution is 9.24. The van der Waals surface area contributed by atoms with Gasteiger partial charge in [-0.1, -0.05) is 81.2 Å². The summed E-state index contributed by atoms with van der Waals surface area (Å²) in [6.45, 7) is 2.16. The first-order chi connectivity index (χ1) is 7.15. The van der Waals surface area contributed by atoms with Gasteiger partial charge in [-0.2, -0.15) is 0 Å². The highest BCUT2D eigenvalue weighted by atomic mass is 79.9. The monoisotopic (exact) mass is 326 g/mol. The molecule has 0 bridgehead atoms. The van der Waals surface area contributed by atoms with E-state index in [0.717, 1.165) is 6.42 Å². The van der Waals surface area contributed by atoms with Gasteiger partial charge >= 0.3 is 0 Å². The van der Waals surface area contributed by atoms with Gasteiger partial charge in [0.05, 0.1) is 0 Å². The van der Waals surface area contributed by atoms with Gasteiger partial charge in [0.2, 0.25) is 0 Å². The second-order valence-corrected chi connectivity index (χ2v) is 7.36. The molecule has 0 aliphatic rings. The summed E-state index contributed by atoms with van der Waals surface area (Å²) in [4.78, 5) is 0. The molecule has 0 aromatic heterocycles. The topological polar surface area (TPSA) is 0 Å². The van der Waals surface area contributed by atoms with E-state index in [1.54, 1.807) is 0 Å². The second-order valence-electron chi connectivity index (χ2n) is 3.58. The molecule has 0 saturated carbocycles. The Hall–Kier alpha value is -0.340. The van der Waals surface area contributed by atoms with Crippen molar-refractivity contribution >= 4 is 42.6 Å². The van der Waals surface area contributed by atoms with Crippen molar-refractivity contribution in [2.75, 3.05) is 0 Å². The van der Waals surface area contributed by atoms with Crippen molar-refractivity contribution in [2.24, 2.45) is 0 Å². The number of fused-ring (bicyclic) bond motifs is 1. The van der Waals surface area contributed by atoms with Gasteiger partial charge in [0.15, 0.2) is 0 Å². The zero-order chi connectivity index (χ0) is 10.9. The van der Waals surface area contributed by atoms with Crippen molar-refractivity contribution in [1.82, 2.24) is 0 Å². The Kier molecular flexibility index (Phi) is 3.17. The highest BCUT2D eigenvalue weighted by Crippen LogP contribution is 2.43. The summed E-state index contributed by atoms with van der Waals surface area (Å²) in [5.41, 5.74) is 1.29. The molecule has 2 heteroatoms. The Morgan fingerprint density at radius 3 is 2.40 bits per heavy atom. The van der Waals surface area contributed by atoms with Crippen molar-refractivity contribution < 1.29 is 0 Å². The largest absolute Gasteiger partial charge is 0.106 e. The number of halogens is 2.